The number of aromatic nitrogens is 1. The average Bonchev–Trinajstić information content (AvgIpc) is 2.19. The van der Waals surface area contributed by atoms with Crippen molar-refractivity contribution < 1.29 is 4.79 Å². The molecule has 3 nitrogen and oxygen atoms in total. The highest BCUT2D eigenvalue weighted by Gasteiger charge is 2.07. The Labute approximate surface area is 78.2 Å². The van der Waals surface area contributed by atoms with E-state index in [2.05, 4.69) is 10.3 Å². The number of hydrogen-bond donors (Lipinski definition) is 1. The van der Waals surface area contributed by atoms with E-state index in [0.29, 0.717) is 5.69 Å². The van der Waals surface area contributed by atoms with Crippen molar-refractivity contribution in [3.05, 3.63) is 30.1 Å². The van der Waals surface area contributed by atoms with E-state index in [1.54, 1.807) is 24.4 Å². The monoisotopic (exact) mass is 178 g/mol. The first-order valence-corrected chi connectivity index (χ1v) is 4.46. The topological polar surface area (TPSA) is 42.0 Å². The van der Waals surface area contributed by atoms with Gasteiger partial charge in [0.05, 0.1) is 0 Å². The van der Waals surface area contributed by atoms with Crippen molar-refractivity contribution in [2.75, 3.05) is 0 Å². The number of hydrogen-bond acceptors (Lipinski definition) is 2. The van der Waals surface area contributed by atoms with Crippen LogP contribution in [0.5, 0.6) is 0 Å². The summed E-state index contributed by atoms with van der Waals surface area (Å²) in [4.78, 5) is 15.4. The second-order valence-corrected chi connectivity index (χ2v) is 3.00. The van der Waals surface area contributed by atoms with Gasteiger partial charge in [0.2, 0.25) is 0 Å². The number of carbonyl (C=O) groups excluding carboxylic acids is 1. The second-order valence-electron chi connectivity index (χ2n) is 3.00. The standard InChI is InChI=1S/C10H14N2O/c1-3-8(2)12-10(13)9-6-4-5-7-11-9/h4-8H,3H2,1-2H3,(H,12,13)/t8-/m0/s1. The van der Waals surface area contributed by atoms with E-state index in [9.17, 15) is 4.79 Å². The third-order valence-corrected chi connectivity index (χ3v) is 1.89. The third-order valence-electron chi connectivity index (χ3n) is 1.89. The van der Waals surface area contributed by atoms with Gasteiger partial charge in [-0.25, -0.2) is 0 Å². The lowest BCUT2D eigenvalue weighted by molar-refractivity contribution is 0.0934. The average molecular weight is 178 g/mol. The lowest BCUT2D eigenvalue weighted by Crippen LogP contribution is -2.32. The van der Waals surface area contributed by atoms with Crippen LogP contribution < -0.4 is 5.32 Å². The molecule has 1 aromatic rings. The largest absolute Gasteiger partial charge is 0.348 e. The molecular weight excluding hydrogens is 164 g/mol. The molecule has 0 bridgehead atoms. The summed E-state index contributed by atoms with van der Waals surface area (Å²) in [6.45, 7) is 4.00. The van der Waals surface area contributed by atoms with E-state index in [1.807, 2.05) is 13.8 Å². The molecule has 1 atom stereocenters. The summed E-state index contributed by atoms with van der Waals surface area (Å²) in [6, 6.07) is 5.51. The first kappa shape index (κ1) is 9.71. The maximum Gasteiger partial charge on any atom is 0.270 e. The van der Waals surface area contributed by atoms with Crippen molar-refractivity contribution in [1.29, 1.82) is 0 Å². The van der Waals surface area contributed by atoms with Crippen LogP contribution in [0.25, 0.3) is 0 Å². The molecule has 0 aliphatic rings. The molecule has 0 fully saturated rings. The van der Waals surface area contributed by atoms with E-state index < -0.39 is 0 Å². The molecule has 0 radical (unpaired) electrons. The van der Waals surface area contributed by atoms with Gasteiger partial charge >= 0.3 is 0 Å². The van der Waals surface area contributed by atoms with Crippen LogP contribution >= 0.6 is 0 Å². The van der Waals surface area contributed by atoms with E-state index in [-0.39, 0.29) is 11.9 Å². The summed E-state index contributed by atoms with van der Waals surface area (Å²) >= 11 is 0. The van der Waals surface area contributed by atoms with Gasteiger partial charge in [-0.05, 0) is 25.5 Å². The molecule has 0 unspecified atom stereocenters. The Morgan fingerprint density at radius 1 is 1.62 bits per heavy atom. The van der Waals surface area contributed by atoms with E-state index in [1.165, 1.54) is 0 Å². The zero-order valence-electron chi connectivity index (χ0n) is 7.95. The van der Waals surface area contributed by atoms with Crippen molar-refractivity contribution in [2.24, 2.45) is 0 Å². The normalized spacial score (nSPS) is 12.2. The Balaban J connectivity index is 2.59. The molecule has 3 heteroatoms. The maximum absolute atomic E-state index is 11.4. The van der Waals surface area contributed by atoms with Gasteiger partial charge < -0.3 is 5.32 Å². The van der Waals surface area contributed by atoms with Crippen LogP contribution in [0, 0.1) is 0 Å². The van der Waals surface area contributed by atoms with Gasteiger partial charge in [0.1, 0.15) is 5.69 Å². The van der Waals surface area contributed by atoms with E-state index in [0.717, 1.165) is 6.42 Å². The Morgan fingerprint density at radius 2 is 2.38 bits per heavy atom. The summed E-state index contributed by atoms with van der Waals surface area (Å²) < 4.78 is 0. The van der Waals surface area contributed by atoms with Crippen molar-refractivity contribution >= 4 is 5.91 Å². The number of nitrogens with one attached hydrogen (secondary N) is 1. The Hall–Kier alpha value is -1.38. The van der Waals surface area contributed by atoms with Gasteiger partial charge in [-0.1, -0.05) is 13.0 Å². The third kappa shape index (κ3) is 2.86. The van der Waals surface area contributed by atoms with Gasteiger partial charge in [-0.15, -0.1) is 0 Å². The summed E-state index contributed by atoms with van der Waals surface area (Å²) in [5.41, 5.74) is 0.475. The fourth-order valence-corrected chi connectivity index (χ4v) is 0.897. The number of carbonyl (C=O) groups is 1. The molecular formula is C10H14N2O. The molecule has 0 spiro atoms. The van der Waals surface area contributed by atoms with Gasteiger partial charge in [0.15, 0.2) is 0 Å². The molecule has 13 heavy (non-hydrogen) atoms. The minimum Gasteiger partial charge on any atom is -0.348 e. The lowest BCUT2D eigenvalue weighted by atomic mass is 10.2. The molecule has 1 heterocycles. The minimum atomic E-state index is -0.102. The molecule has 70 valence electrons. The molecule has 1 aromatic heterocycles. The van der Waals surface area contributed by atoms with Gasteiger partial charge in [0, 0.05) is 12.2 Å². The minimum absolute atomic E-state index is 0.102. The van der Waals surface area contributed by atoms with Crippen LogP contribution in [0.1, 0.15) is 30.8 Å². The molecule has 0 aliphatic carbocycles. The second kappa shape index (κ2) is 4.60. The molecule has 1 rings (SSSR count). The fraction of sp³-hybridized carbons (Fsp3) is 0.400. The zero-order chi connectivity index (χ0) is 9.68. The van der Waals surface area contributed by atoms with Gasteiger partial charge in [0.25, 0.3) is 5.91 Å². The predicted molar refractivity (Wildman–Crippen MR) is 51.5 cm³/mol. The maximum atomic E-state index is 11.4. The van der Waals surface area contributed by atoms with Crippen LogP contribution in [0.3, 0.4) is 0 Å². The summed E-state index contributed by atoms with van der Waals surface area (Å²) in [7, 11) is 0. The fourth-order valence-electron chi connectivity index (χ4n) is 0.897. The zero-order valence-corrected chi connectivity index (χ0v) is 7.95. The van der Waals surface area contributed by atoms with Crippen molar-refractivity contribution in [3.63, 3.8) is 0 Å². The first-order valence-electron chi connectivity index (χ1n) is 4.46. The van der Waals surface area contributed by atoms with Crippen LogP contribution in [-0.4, -0.2) is 16.9 Å². The summed E-state index contributed by atoms with van der Waals surface area (Å²) in [5, 5.41) is 2.84. The SMILES string of the molecule is CC[C@H](C)NC(=O)c1ccccn1. The molecule has 0 aliphatic heterocycles. The van der Waals surface area contributed by atoms with Crippen LogP contribution in [0.4, 0.5) is 0 Å². The van der Waals surface area contributed by atoms with Gasteiger partial charge in [-0.3, -0.25) is 9.78 Å². The quantitative estimate of drug-likeness (QED) is 0.764. The smallest absolute Gasteiger partial charge is 0.270 e. The van der Waals surface area contributed by atoms with E-state index in [4.69, 9.17) is 0 Å². The highest BCUT2D eigenvalue weighted by molar-refractivity contribution is 5.92. The van der Waals surface area contributed by atoms with Crippen molar-refractivity contribution in [2.45, 2.75) is 26.3 Å². The Bertz CT molecular complexity index is 272. The first-order chi connectivity index (χ1) is 6.24. The highest BCUT2D eigenvalue weighted by Crippen LogP contribution is 1.95. The van der Waals surface area contributed by atoms with Crippen LogP contribution in [0.15, 0.2) is 24.4 Å². The summed E-state index contributed by atoms with van der Waals surface area (Å²) in [5.74, 6) is -0.102. The summed E-state index contributed by atoms with van der Waals surface area (Å²) in [6.07, 6.45) is 2.55. The van der Waals surface area contributed by atoms with Gasteiger partial charge in [-0.2, -0.15) is 0 Å². The van der Waals surface area contributed by atoms with Crippen LogP contribution in [-0.2, 0) is 0 Å². The van der Waals surface area contributed by atoms with Crippen molar-refractivity contribution in [3.8, 4) is 0 Å². The highest BCUT2D eigenvalue weighted by atomic mass is 16.1. The number of nitrogens with zero attached hydrogens (tertiary/aromatic N) is 1. The molecule has 1 N–H and O–H groups in total. The molecule has 0 saturated carbocycles. The Morgan fingerprint density at radius 3 is 2.92 bits per heavy atom. The number of amides is 1. The molecule has 0 saturated heterocycles. The van der Waals surface area contributed by atoms with Crippen LogP contribution in [0.2, 0.25) is 0 Å². The number of pyridine rings is 1. The molecule has 1 amide bonds. The number of rotatable bonds is 3. The molecule has 0 aromatic carbocycles. The predicted octanol–water partition coefficient (Wildman–Crippen LogP) is 1.61. The Kier molecular flexibility index (Phi) is 3.43. The lowest BCUT2D eigenvalue weighted by Gasteiger charge is -2.10. The van der Waals surface area contributed by atoms with E-state index >= 15 is 0 Å². The van der Waals surface area contributed by atoms with Crippen molar-refractivity contribution in [1.82, 2.24) is 10.3 Å².